The highest BCUT2D eigenvalue weighted by molar-refractivity contribution is 6.15. The van der Waals surface area contributed by atoms with Crippen LogP contribution in [0.25, 0.3) is 0 Å². The molecular weight excluding hydrogens is 280 g/mol. The Labute approximate surface area is 128 Å². The van der Waals surface area contributed by atoms with Gasteiger partial charge in [-0.25, -0.2) is 9.97 Å². The van der Waals surface area contributed by atoms with Crippen molar-refractivity contribution in [3.05, 3.63) is 28.9 Å². The topological polar surface area (TPSA) is 114 Å². The van der Waals surface area contributed by atoms with E-state index in [1.165, 1.54) is 6.33 Å². The number of nitrogens with one attached hydrogen (secondary N) is 2. The Hall–Kier alpha value is -2.44. The molecule has 22 heavy (non-hydrogen) atoms. The lowest BCUT2D eigenvalue weighted by atomic mass is 10.0. The first kappa shape index (κ1) is 14.5. The fourth-order valence-corrected chi connectivity index (χ4v) is 2.45. The molecule has 4 N–H and O–H groups in total. The second-order valence-corrected chi connectivity index (χ2v) is 5.95. The number of nitrogens with two attached hydrogens (primary N) is 1. The van der Waals surface area contributed by atoms with Crippen molar-refractivity contribution in [1.82, 2.24) is 15.1 Å². The molecule has 2 aromatic rings. The van der Waals surface area contributed by atoms with E-state index in [1.807, 2.05) is 20.8 Å². The summed E-state index contributed by atoms with van der Waals surface area (Å²) in [5.74, 6) is 2.14. The third-order valence-corrected chi connectivity index (χ3v) is 3.70. The van der Waals surface area contributed by atoms with Crippen molar-refractivity contribution < 1.29 is 4.52 Å². The van der Waals surface area contributed by atoms with Crippen LogP contribution in [-0.2, 0) is 0 Å². The van der Waals surface area contributed by atoms with Gasteiger partial charge in [0.1, 0.15) is 29.4 Å². The van der Waals surface area contributed by atoms with Crippen molar-refractivity contribution in [2.75, 3.05) is 11.1 Å². The summed E-state index contributed by atoms with van der Waals surface area (Å²) in [5.41, 5.74) is 8.05. The average molecular weight is 300 g/mol. The highest BCUT2D eigenvalue weighted by Gasteiger charge is 2.32. The Morgan fingerprint density at radius 1 is 1.41 bits per heavy atom. The van der Waals surface area contributed by atoms with Gasteiger partial charge in [0, 0.05) is 17.5 Å². The van der Waals surface area contributed by atoms with Gasteiger partial charge in [0.2, 0.25) is 0 Å². The van der Waals surface area contributed by atoms with Gasteiger partial charge in [-0.15, -0.1) is 0 Å². The molecule has 0 aromatic carbocycles. The summed E-state index contributed by atoms with van der Waals surface area (Å²) in [4.78, 5) is 8.21. The lowest BCUT2D eigenvalue weighted by Gasteiger charge is -2.14. The van der Waals surface area contributed by atoms with Crippen LogP contribution in [0.1, 0.15) is 55.2 Å². The van der Waals surface area contributed by atoms with E-state index in [9.17, 15) is 0 Å². The number of hydrogen-bond acceptors (Lipinski definition) is 7. The predicted molar refractivity (Wildman–Crippen MR) is 84.3 cm³/mol. The summed E-state index contributed by atoms with van der Waals surface area (Å²) in [6.45, 7) is 5.93. The van der Waals surface area contributed by atoms with Crippen LogP contribution in [0, 0.1) is 12.3 Å². The number of nitrogen functional groups attached to an aromatic ring is 1. The largest absolute Gasteiger partial charge is 0.383 e. The van der Waals surface area contributed by atoms with Crippen LogP contribution in [0.3, 0.4) is 0 Å². The first-order chi connectivity index (χ1) is 10.5. The fourth-order valence-electron chi connectivity index (χ4n) is 2.45. The van der Waals surface area contributed by atoms with Crippen LogP contribution in [0.2, 0.25) is 0 Å². The highest BCUT2D eigenvalue weighted by atomic mass is 16.5. The van der Waals surface area contributed by atoms with Crippen molar-refractivity contribution in [1.29, 1.82) is 5.41 Å². The van der Waals surface area contributed by atoms with Gasteiger partial charge in [0.15, 0.2) is 0 Å². The second kappa shape index (κ2) is 5.40. The summed E-state index contributed by atoms with van der Waals surface area (Å²) < 4.78 is 5.43. The van der Waals surface area contributed by atoms with Gasteiger partial charge in [-0.2, -0.15) is 0 Å². The summed E-state index contributed by atoms with van der Waals surface area (Å²) in [5, 5.41) is 15.8. The molecule has 7 heteroatoms. The van der Waals surface area contributed by atoms with Gasteiger partial charge < -0.3 is 15.6 Å². The van der Waals surface area contributed by atoms with Crippen molar-refractivity contribution in [3.63, 3.8) is 0 Å². The van der Waals surface area contributed by atoms with E-state index in [4.69, 9.17) is 15.7 Å². The molecule has 1 aliphatic rings. The molecule has 2 aromatic heterocycles. The number of rotatable bonds is 5. The summed E-state index contributed by atoms with van der Waals surface area (Å²) in [6, 6.07) is 0.168. The van der Waals surface area contributed by atoms with Gasteiger partial charge >= 0.3 is 0 Å². The van der Waals surface area contributed by atoms with E-state index in [-0.39, 0.29) is 17.6 Å². The molecule has 0 atom stereocenters. The van der Waals surface area contributed by atoms with Crippen LogP contribution in [0.15, 0.2) is 10.9 Å². The molecule has 3 rings (SSSR count). The molecule has 1 saturated carbocycles. The monoisotopic (exact) mass is 300 g/mol. The minimum Gasteiger partial charge on any atom is -0.383 e. The molecule has 0 radical (unpaired) electrons. The summed E-state index contributed by atoms with van der Waals surface area (Å²) >= 11 is 0. The molecule has 116 valence electrons. The van der Waals surface area contributed by atoms with Crippen molar-refractivity contribution in [2.24, 2.45) is 0 Å². The van der Waals surface area contributed by atoms with Gasteiger partial charge in [-0.3, -0.25) is 5.41 Å². The van der Waals surface area contributed by atoms with Gasteiger partial charge in [-0.1, -0.05) is 5.16 Å². The number of hydrogen-bond donors (Lipinski definition) is 3. The molecule has 0 spiro atoms. The Bertz CT molecular complexity index is 717. The smallest absolute Gasteiger partial charge is 0.143 e. The zero-order valence-electron chi connectivity index (χ0n) is 13.0. The van der Waals surface area contributed by atoms with Crippen LogP contribution >= 0.6 is 0 Å². The summed E-state index contributed by atoms with van der Waals surface area (Å²) in [7, 11) is 0. The van der Waals surface area contributed by atoms with Crippen molar-refractivity contribution >= 4 is 17.3 Å². The number of anilines is 2. The molecule has 1 fully saturated rings. The van der Waals surface area contributed by atoms with E-state index in [0.29, 0.717) is 23.0 Å². The van der Waals surface area contributed by atoms with Crippen molar-refractivity contribution in [3.8, 4) is 0 Å². The Morgan fingerprint density at radius 3 is 2.77 bits per heavy atom. The second-order valence-electron chi connectivity index (χ2n) is 5.95. The molecule has 2 heterocycles. The standard InChI is InChI=1S/C15H20N6O/c1-7(2)20-15-10(14(17)18-6-19-15)11(16)12-8(3)13(22-21-12)9-4-5-9/h6-7,9,16H,4-5H2,1-3H3,(H3,17,18,19,20). The minimum absolute atomic E-state index is 0.168. The van der Waals surface area contributed by atoms with Crippen molar-refractivity contribution in [2.45, 2.75) is 45.6 Å². The maximum absolute atomic E-state index is 8.49. The fraction of sp³-hybridized carbons (Fsp3) is 0.467. The first-order valence-electron chi connectivity index (χ1n) is 7.41. The van der Waals surface area contributed by atoms with E-state index in [1.54, 1.807) is 0 Å². The predicted octanol–water partition coefficient (Wildman–Crippen LogP) is 2.47. The molecule has 0 unspecified atom stereocenters. The Kier molecular flexibility index (Phi) is 3.56. The lowest BCUT2D eigenvalue weighted by Crippen LogP contribution is -2.18. The van der Waals surface area contributed by atoms with Gasteiger partial charge in [-0.05, 0) is 33.6 Å². The van der Waals surface area contributed by atoms with E-state index in [0.717, 1.165) is 24.2 Å². The number of aromatic nitrogens is 3. The van der Waals surface area contributed by atoms with Crippen LogP contribution in [0.4, 0.5) is 11.6 Å². The molecule has 1 aliphatic carbocycles. The minimum atomic E-state index is 0.168. The van der Waals surface area contributed by atoms with Crippen LogP contribution in [0.5, 0.6) is 0 Å². The molecule has 0 bridgehead atoms. The van der Waals surface area contributed by atoms with E-state index >= 15 is 0 Å². The first-order valence-corrected chi connectivity index (χ1v) is 7.41. The average Bonchev–Trinajstić information content (AvgIpc) is 3.21. The number of nitrogens with zero attached hydrogens (tertiary/aromatic N) is 3. The molecule has 7 nitrogen and oxygen atoms in total. The molecule has 0 aliphatic heterocycles. The third kappa shape index (κ3) is 2.54. The van der Waals surface area contributed by atoms with E-state index < -0.39 is 0 Å². The van der Waals surface area contributed by atoms with Crippen LogP contribution in [-0.4, -0.2) is 26.9 Å². The summed E-state index contributed by atoms with van der Waals surface area (Å²) in [6.07, 6.45) is 3.64. The molecular formula is C15H20N6O. The molecule has 0 saturated heterocycles. The maximum atomic E-state index is 8.49. The Morgan fingerprint density at radius 2 is 2.14 bits per heavy atom. The SMILES string of the molecule is Cc1c(C(=N)c2c(N)ncnc2NC(C)C)noc1C1CC1. The lowest BCUT2D eigenvalue weighted by molar-refractivity contribution is 0.382. The van der Waals surface area contributed by atoms with E-state index in [2.05, 4.69) is 20.4 Å². The zero-order chi connectivity index (χ0) is 15.9. The van der Waals surface area contributed by atoms with Crippen LogP contribution < -0.4 is 11.1 Å². The van der Waals surface area contributed by atoms with Gasteiger partial charge in [0.25, 0.3) is 0 Å². The molecule has 0 amide bonds. The normalized spacial score (nSPS) is 14.4. The Balaban J connectivity index is 2.01. The third-order valence-electron chi connectivity index (χ3n) is 3.70. The van der Waals surface area contributed by atoms with Gasteiger partial charge in [0.05, 0.1) is 11.3 Å². The quantitative estimate of drug-likeness (QED) is 0.731. The maximum Gasteiger partial charge on any atom is 0.143 e. The zero-order valence-corrected chi connectivity index (χ0v) is 13.0. The highest BCUT2D eigenvalue weighted by Crippen LogP contribution is 2.42.